The smallest absolute Gasteiger partial charge is 0.173 e. The Morgan fingerprint density at radius 3 is 2.31 bits per heavy atom. The minimum absolute atomic E-state index is 0.0356. The molecule has 0 fully saturated rings. The van der Waals surface area contributed by atoms with E-state index in [9.17, 15) is 9.00 Å². The van der Waals surface area contributed by atoms with Gasteiger partial charge in [-0.25, -0.2) is 0 Å². The fourth-order valence-electron chi connectivity index (χ4n) is 0.910. The second kappa shape index (κ2) is 4.67. The van der Waals surface area contributed by atoms with Crippen LogP contribution in [0.1, 0.15) is 10.4 Å². The minimum atomic E-state index is -0.975. The van der Waals surface area contributed by atoms with Crippen LogP contribution in [-0.4, -0.2) is 21.6 Å². The van der Waals surface area contributed by atoms with Crippen LogP contribution in [0.4, 0.5) is 0 Å². The van der Waals surface area contributed by atoms with Crippen LogP contribution in [0.25, 0.3) is 0 Å². The first-order chi connectivity index (χ1) is 6.15. The van der Waals surface area contributed by atoms with Gasteiger partial charge in [-0.2, -0.15) is 0 Å². The number of carbonyl (C=O) groups excluding carboxylic acids is 1. The Morgan fingerprint density at radius 2 is 1.92 bits per heavy atom. The molecule has 0 heterocycles. The van der Waals surface area contributed by atoms with Gasteiger partial charge in [-0.15, -0.1) is 0 Å². The molecule has 0 aliphatic heterocycles. The summed E-state index contributed by atoms with van der Waals surface area (Å²) in [4.78, 5) is 11.9. The maximum Gasteiger partial charge on any atom is 0.173 e. The molecule has 0 saturated heterocycles. The molecular weight excluding hydrogens is 252 g/mol. The van der Waals surface area contributed by atoms with Gasteiger partial charge in [0, 0.05) is 27.5 Å². The van der Waals surface area contributed by atoms with Crippen LogP contribution in [0.5, 0.6) is 0 Å². The lowest BCUT2D eigenvalue weighted by atomic mass is 10.2. The van der Waals surface area contributed by atoms with Crippen molar-refractivity contribution in [1.82, 2.24) is 0 Å². The Bertz CT molecular complexity index is 332. The molecular formula is C9H9BrO2S. The molecule has 0 aromatic heterocycles. The van der Waals surface area contributed by atoms with Crippen molar-refractivity contribution >= 4 is 32.5 Å². The zero-order chi connectivity index (χ0) is 9.84. The molecule has 0 saturated carbocycles. The Kier molecular flexibility index (Phi) is 3.81. The molecule has 70 valence electrons. The molecule has 13 heavy (non-hydrogen) atoms. The number of ketones is 1. The van der Waals surface area contributed by atoms with Gasteiger partial charge in [-0.3, -0.25) is 9.00 Å². The van der Waals surface area contributed by atoms with E-state index in [-0.39, 0.29) is 5.78 Å². The summed E-state index contributed by atoms with van der Waals surface area (Å²) >= 11 is 3.09. The number of carbonyl (C=O) groups is 1. The van der Waals surface area contributed by atoms with Crippen molar-refractivity contribution in [3.8, 4) is 0 Å². The molecule has 1 atom stereocenters. The van der Waals surface area contributed by atoms with E-state index in [0.717, 1.165) is 4.90 Å². The average molecular weight is 261 g/mol. The van der Waals surface area contributed by atoms with E-state index in [1.165, 1.54) is 0 Å². The van der Waals surface area contributed by atoms with Gasteiger partial charge in [0.05, 0.1) is 5.33 Å². The quantitative estimate of drug-likeness (QED) is 0.616. The van der Waals surface area contributed by atoms with Crippen molar-refractivity contribution in [2.24, 2.45) is 0 Å². The van der Waals surface area contributed by atoms with E-state index in [1.807, 2.05) is 0 Å². The topological polar surface area (TPSA) is 34.1 Å². The van der Waals surface area contributed by atoms with Gasteiger partial charge < -0.3 is 0 Å². The molecule has 0 amide bonds. The standard InChI is InChI=1S/C9H9BrO2S/c1-13(12)8-4-2-7(3-5-8)9(11)6-10/h2-5H,6H2,1H3/t13-/m1/s1. The van der Waals surface area contributed by atoms with E-state index in [2.05, 4.69) is 15.9 Å². The van der Waals surface area contributed by atoms with Gasteiger partial charge in [0.1, 0.15) is 0 Å². The lowest BCUT2D eigenvalue weighted by Crippen LogP contribution is -1.99. The number of rotatable bonds is 3. The van der Waals surface area contributed by atoms with Gasteiger partial charge >= 0.3 is 0 Å². The predicted octanol–water partition coefficient (Wildman–Crippen LogP) is 2.00. The number of hydrogen-bond acceptors (Lipinski definition) is 2. The Labute approximate surface area is 87.9 Å². The molecule has 0 N–H and O–H groups in total. The highest BCUT2D eigenvalue weighted by molar-refractivity contribution is 9.09. The maximum atomic E-state index is 11.2. The van der Waals surface area contributed by atoms with Gasteiger partial charge in [-0.05, 0) is 12.1 Å². The maximum absolute atomic E-state index is 11.2. The van der Waals surface area contributed by atoms with E-state index in [4.69, 9.17) is 0 Å². The summed E-state index contributed by atoms with van der Waals surface area (Å²) in [6.45, 7) is 0. The van der Waals surface area contributed by atoms with Crippen molar-refractivity contribution in [2.45, 2.75) is 4.90 Å². The summed E-state index contributed by atoms with van der Waals surface area (Å²) in [5, 5.41) is 0.321. The van der Waals surface area contributed by atoms with Crippen LogP contribution in [-0.2, 0) is 10.8 Å². The Hall–Kier alpha value is -0.480. The first-order valence-electron chi connectivity index (χ1n) is 3.68. The molecule has 1 rings (SSSR count). The van der Waals surface area contributed by atoms with Crippen molar-refractivity contribution in [1.29, 1.82) is 0 Å². The van der Waals surface area contributed by atoms with Gasteiger partial charge in [-0.1, -0.05) is 28.1 Å². The normalized spacial score (nSPS) is 12.5. The fourth-order valence-corrected chi connectivity index (χ4v) is 1.75. The summed E-state index contributed by atoms with van der Waals surface area (Å²) in [6.07, 6.45) is 1.61. The third-order valence-corrected chi connectivity index (χ3v) is 3.07. The number of alkyl halides is 1. The summed E-state index contributed by atoms with van der Waals surface area (Å²) in [5.41, 5.74) is 0.645. The highest BCUT2D eigenvalue weighted by Crippen LogP contribution is 2.08. The fraction of sp³-hybridized carbons (Fsp3) is 0.222. The molecule has 0 bridgehead atoms. The van der Waals surface area contributed by atoms with E-state index in [1.54, 1.807) is 30.5 Å². The van der Waals surface area contributed by atoms with Crippen LogP contribution in [0.2, 0.25) is 0 Å². The number of hydrogen-bond donors (Lipinski definition) is 0. The van der Waals surface area contributed by atoms with Crippen LogP contribution in [0.15, 0.2) is 29.2 Å². The van der Waals surface area contributed by atoms with Crippen molar-refractivity contribution in [3.63, 3.8) is 0 Å². The first-order valence-corrected chi connectivity index (χ1v) is 6.35. The van der Waals surface area contributed by atoms with Crippen LogP contribution in [0, 0.1) is 0 Å². The van der Waals surface area contributed by atoms with Crippen LogP contribution in [0.3, 0.4) is 0 Å². The van der Waals surface area contributed by atoms with E-state index >= 15 is 0 Å². The highest BCUT2D eigenvalue weighted by atomic mass is 79.9. The molecule has 4 heteroatoms. The van der Waals surface area contributed by atoms with Crippen molar-refractivity contribution < 1.29 is 9.00 Å². The Balaban J connectivity index is 2.93. The molecule has 0 unspecified atom stereocenters. The molecule has 0 aliphatic rings. The molecule has 1 aromatic carbocycles. The summed E-state index contributed by atoms with van der Waals surface area (Å²) in [6, 6.07) is 6.82. The number of benzene rings is 1. The van der Waals surface area contributed by atoms with E-state index in [0.29, 0.717) is 10.9 Å². The molecule has 0 aliphatic carbocycles. The second-order valence-electron chi connectivity index (χ2n) is 2.54. The minimum Gasteiger partial charge on any atom is -0.293 e. The first kappa shape index (κ1) is 10.6. The predicted molar refractivity (Wildman–Crippen MR) is 56.9 cm³/mol. The summed E-state index contributed by atoms with van der Waals surface area (Å²) < 4.78 is 11.0. The lowest BCUT2D eigenvalue weighted by molar-refractivity contribution is 0.102. The summed E-state index contributed by atoms with van der Waals surface area (Å²) in [5.74, 6) is 0.0356. The second-order valence-corrected chi connectivity index (χ2v) is 4.48. The third kappa shape index (κ3) is 2.74. The monoisotopic (exact) mass is 260 g/mol. The largest absolute Gasteiger partial charge is 0.293 e. The van der Waals surface area contributed by atoms with Crippen LogP contribution >= 0.6 is 15.9 Å². The van der Waals surface area contributed by atoms with Crippen molar-refractivity contribution in [3.05, 3.63) is 29.8 Å². The molecule has 0 spiro atoms. The SMILES string of the molecule is C[S@@](=O)c1ccc(C(=O)CBr)cc1. The summed E-state index contributed by atoms with van der Waals surface area (Å²) in [7, 11) is -0.975. The van der Waals surface area contributed by atoms with Gasteiger partial charge in [0.15, 0.2) is 5.78 Å². The zero-order valence-electron chi connectivity index (χ0n) is 7.12. The Morgan fingerprint density at radius 1 is 1.38 bits per heavy atom. The third-order valence-electron chi connectivity index (χ3n) is 1.63. The van der Waals surface area contributed by atoms with Crippen LogP contribution < -0.4 is 0 Å². The average Bonchev–Trinajstić information content (AvgIpc) is 2.17. The number of halogens is 1. The highest BCUT2D eigenvalue weighted by Gasteiger charge is 2.03. The lowest BCUT2D eigenvalue weighted by Gasteiger charge is -1.98. The van der Waals surface area contributed by atoms with Crippen molar-refractivity contribution in [2.75, 3.05) is 11.6 Å². The van der Waals surface area contributed by atoms with Gasteiger partial charge in [0.25, 0.3) is 0 Å². The molecule has 1 aromatic rings. The number of Topliss-reactive ketones (excluding diaryl/α,β-unsaturated/α-hetero) is 1. The molecule has 0 radical (unpaired) electrons. The van der Waals surface area contributed by atoms with Gasteiger partial charge in [0.2, 0.25) is 0 Å². The molecule has 2 nitrogen and oxygen atoms in total. The zero-order valence-corrected chi connectivity index (χ0v) is 9.52. The van der Waals surface area contributed by atoms with E-state index < -0.39 is 10.8 Å².